The number of benzene rings is 3. The van der Waals surface area contributed by atoms with E-state index in [1.807, 2.05) is 54.6 Å². The maximum absolute atomic E-state index is 13.2. The SMILES string of the molecule is CC(NC(=O)C(C)N1C(=O)/C(=C/c2c3ccccc3cc3ccccc23)SC1=S)C(=O)O. The number of hydrogen-bond donors (Lipinski definition) is 2. The summed E-state index contributed by atoms with van der Waals surface area (Å²) in [7, 11) is 0. The third-order valence-electron chi connectivity index (χ3n) is 5.41. The fourth-order valence-electron chi connectivity index (χ4n) is 3.66. The standard InChI is InChI=1S/C24H20N2O4S2/c1-13(23(29)30)25-21(27)14(2)26-22(28)20(32-24(26)31)12-19-17-9-5-3-7-15(17)11-16-8-4-6-10-18(16)19/h3-14H,1-2H3,(H,25,27)(H,29,30)/b20-12-. The van der Waals surface area contributed by atoms with Crippen molar-refractivity contribution < 1.29 is 19.5 Å². The second-order valence-electron chi connectivity index (χ2n) is 7.53. The number of nitrogens with one attached hydrogen (secondary N) is 1. The largest absolute Gasteiger partial charge is 0.480 e. The van der Waals surface area contributed by atoms with Crippen molar-refractivity contribution in [3.8, 4) is 0 Å². The second-order valence-corrected chi connectivity index (χ2v) is 9.20. The van der Waals surface area contributed by atoms with Gasteiger partial charge in [0.05, 0.1) is 4.91 Å². The molecule has 8 heteroatoms. The van der Waals surface area contributed by atoms with Crippen LogP contribution in [0.5, 0.6) is 0 Å². The first-order valence-corrected chi connectivity index (χ1v) is 11.2. The molecule has 1 aliphatic rings. The second kappa shape index (κ2) is 8.72. The number of rotatable bonds is 5. The van der Waals surface area contributed by atoms with E-state index in [-0.39, 0.29) is 10.2 Å². The minimum atomic E-state index is -1.15. The van der Waals surface area contributed by atoms with Crippen molar-refractivity contribution in [2.75, 3.05) is 0 Å². The number of carbonyl (C=O) groups is 3. The molecule has 0 spiro atoms. The van der Waals surface area contributed by atoms with Gasteiger partial charge in [-0.3, -0.25) is 19.3 Å². The van der Waals surface area contributed by atoms with Crippen molar-refractivity contribution >= 4 is 73.7 Å². The number of thioether (sulfide) groups is 1. The fraction of sp³-hybridized carbons (Fsp3) is 0.167. The molecule has 0 aromatic heterocycles. The topological polar surface area (TPSA) is 86.7 Å². The quantitative estimate of drug-likeness (QED) is 0.335. The molecule has 2 unspecified atom stereocenters. The molecule has 0 aliphatic carbocycles. The number of carbonyl (C=O) groups excluding carboxylic acids is 2. The van der Waals surface area contributed by atoms with Gasteiger partial charge in [0.1, 0.15) is 16.4 Å². The third-order valence-corrected chi connectivity index (χ3v) is 6.74. The van der Waals surface area contributed by atoms with E-state index >= 15 is 0 Å². The Morgan fingerprint density at radius 1 is 1.06 bits per heavy atom. The first kappa shape index (κ1) is 22.0. The highest BCUT2D eigenvalue weighted by Crippen LogP contribution is 2.37. The number of carboxylic acid groups (broad SMARTS) is 1. The zero-order valence-corrected chi connectivity index (χ0v) is 19.0. The van der Waals surface area contributed by atoms with E-state index in [0.717, 1.165) is 38.9 Å². The van der Waals surface area contributed by atoms with Crippen LogP contribution in [0.15, 0.2) is 59.5 Å². The normalized spacial score (nSPS) is 17.2. The Kier molecular flexibility index (Phi) is 5.99. The van der Waals surface area contributed by atoms with Crippen molar-refractivity contribution in [3.63, 3.8) is 0 Å². The van der Waals surface area contributed by atoms with Crippen LogP contribution < -0.4 is 5.32 Å². The van der Waals surface area contributed by atoms with Gasteiger partial charge in [-0.05, 0) is 53.1 Å². The van der Waals surface area contributed by atoms with Gasteiger partial charge in [0, 0.05) is 0 Å². The average molecular weight is 465 g/mol. The van der Waals surface area contributed by atoms with E-state index in [1.165, 1.54) is 18.7 Å². The fourth-order valence-corrected chi connectivity index (χ4v) is 5.06. The molecular weight excluding hydrogens is 444 g/mol. The minimum absolute atomic E-state index is 0.261. The molecule has 3 aromatic rings. The molecule has 0 radical (unpaired) electrons. The van der Waals surface area contributed by atoms with E-state index in [2.05, 4.69) is 11.4 Å². The molecular formula is C24H20N2O4S2. The number of aliphatic carboxylic acids is 1. The lowest BCUT2D eigenvalue weighted by Gasteiger charge is -2.23. The Bertz CT molecular complexity index is 1260. The summed E-state index contributed by atoms with van der Waals surface area (Å²) in [5, 5.41) is 15.6. The van der Waals surface area contributed by atoms with Gasteiger partial charge in [0.2, 0.25) is 5.91 Å². The number of hydrogen-bond acceptors (Lipinski definition) is 5. The molecule has 1 aliphatic heterocycles. The number of amides is 2. The van der Waals surface area contributed by atoms with Gasteiger partial charge in [-0.15, -0.1) is 0 Å². The molecule has 1 fully saturated rings. The van der Waals surface area contributed by atoms with Crippen molar-refractivity contribution in [2.45, 2.75) is 25.9 Å². The Morgan fingerprint density at radius 3 is 2.19 bits per heavy atom. The molecule has 2 atom stereocenters. The van der Waals surface area contributed by atoms with Crippen LogP contribution in [0.1, 0.15) is 19.4 Å². The first-order chi connectivity index (χ1) is 15.3. The summed E-state index contributed by atoms with van der Waals surface area (Å²) in [6.45, 7) is 2.90. The highest BCUT2D eigenvalue weighted by atomic mass is 32.2. The monoisotopic (exact) mass is 464 g/mol. The van der Waals surface area contributed by atoms with Crippen LogP contribution in [0.25, 0.3) is 27.6 Å². The van der Waals surface area contributed by atoms with Crippen molar-refractivity contribution in [2.24, 2.45) is 0 Å². The average Bonchev–Trinajstić information content (AvgIpc) is 3.05. The van der Waals surface area contributed by atoms with Gasteiger partial charge in [-0.2, -0.15) is 0 Å². The van der Waals surface area contributed by atoms with Gasteiger partial charge < -0.3 is 10.4 Å². The van der Waals surface area contributed by atoms with E-state index in [0.29, 0.717) is 4.91 Å². The zero-order valence-electron chi connectivity index (χ0n) is 17.4. The Morgan fingerprint density at radius 2 is 1.62 bits per heavy atom. The molecule has 3 aromatic carbocycles. The maximum atomic E-state index is 13.2. The minimum Gasteiger partial charge on any atom is -0.480 e. The molecule has 0 bridgehead atoms. The lowest BCUT2D eigenvalue weighted by molar-refractivity contribution is -0.142. The highest BCUT2D eigenvalue weighted by molar-refractivity contribution is 8.26. The smallest absolute Gasteiger partial charge is 0.325 e. The van der Waals surface area contributed by atoms with Gasteiger partial charge in [0.15, 0.2) is 0 Å². The van der Waals surface area contributed by atoms with E-state index in [4.69, 9.17) is 17.3 Å². The Balaban J connectivity index is 1.73. The third kappa shape index (κ3) is 3.99. The van der Waals surface area contributed by atoms with Gasteiger partial charge in [0.25, 0.3) is 5.91 Å². The van der Waals surface area contributed by atoms with Crippen LogP contribution >= 0.6 is 24.0 Å². The number of nitrogens with zero attached hydrogens (tertiary/aromatic N) is 1. The Hall–Kier alpha value is -3.23. The predicted octanol–water partition coefficient (Wildman–Crippen LogP) is 4.17. The van der Waals surface area contributed by atoms with Crippen LogP contribution in [0, 0.1) is 0 Å². The summed E-state index contributed by atoms with van der Waals surface area (Å²) in [4.78, 5) is 38.4. The summed E-state index contributed by atoms with van der Waals surface area (Å²) in [6, 6.07) is 16.0. The van der Waals surface area contributed by atoms with Crippen LogP contribution in [-0.2, 0) is 14.4 Å². The molecule has 0 saturated carbocycles. The molecule has 4 rings (SSSR count). The maximum Gasteiger partial charge on any atom is 0.325 e. The highest BCUT2D eigenvalue weighted by Gasteiger charge is 2.38. The van der Waals surface area contributed by atoms with Crippen molar-refractivity contribution in [1.29, 1.82) is 0 Å². The summed E-state index contributed by atoms with van der Waals surface area (Å²) in [5.74, 6) is -2.10. The molecule has 6 nitrogen and oxygen atoms in total. The van der Waals surface area contributed by atoms with Crippen LogP contribution in [-0.4, -0.2) is 44.2 Å². The molecule has 162 valence electrons. The Labute approximate surface area is 194 Å². The summed E-state index contributed by atoms with van der Waals surface area (Å²) in [6.07, 6.45) is 1.83. The van der Waals surface area contributed by atoms with E-state index < -0.39 is 24.0 Å². The number of carboxylic acids is 1. The summed E-state index contributed by atoms with van der Waals surface area (Å²) in [5.41, 5.74) is 0.913. The predicted molar refractivity (Wildman–Crippen MR) is 131 cm³/mol. The van der Waals surface area contributed by atoms with Crippen molar-refractivity contribution in [1.82, 2.24) is 10.2 Å². The van der Waals surface area contributed by atoms with Gasteiger partial charge in [-0.1, -0.05) is 72.5 Å². The van der Waals surface area contributed by atoms with Crippen LogP contribution in [0.3, 0.4) is 0 Å². The van der Waals surface area contributed by atoms with E-state index in [9.17, 15) is 14.4 Å². The lowest BCUT2D eigenvalue weighted by atomic mass is 9.96. The summed E-state index contributed by atoms with van der Waals surface area (Å²) < 4.78 is 0.261. The molecule has 1 heterocycles. The van der Waals surface area contributed by atoms with Gasteiger partial charge >= 0.3 is 5.97 Å². The van der Waals surface area contributed by atoms with Gasteiger partial charge in [-0.25, -0.2) is 0 Å². The molecule has 2 amide bonds. The number of thiocarbonyl (C=S) groups is 1. The summed E-state index contributed by atoms with van der Waals surface area (Å²) >= 11 is 6.53. The number of fused-ring (bicyclic) bond motifs is 2. The van der Waals surface area contributed by atoms with E-state index in [1.54, 1.807) is 0 Å². The first-order valence-electron chi connectivity index (χ1n) is 9.98. The lowest BCUT2D eigenvalue weighted by Crippen LogP contribution is -2.50. The van der Waals surface area contributed by atoms with Crippen LogP contribution in [0.2, 0.25) is 0 Å². The van der Waals surface area contributed by atoms with Crippen LogP contribution in [0.4, 0.5) is 0 Å². The van der Waals surface area contributed by atoms with Crippen molar-refractivity contribution in [3.05, 3.63) is 65.1 Å². The zero-order chi connectivity index (χ0) is 23.0. The molecule has 1 saturated heterocycles. The molecule has 2 N–H and O–H groups in total. The molecule has 32 heavy (non-hydrogen) atoms.